The van der Waals surface area contributed by atoms with Gasteiger partial charge in [0, 0.05) is 12.1 Å². The van der Waals surface area contributed by atoms with Crippen molar-refractivity contribution in [3.05, 3.63) is 0 Å². The Morgan fingerprint density at radius 1 is 1.44 bits per heavy atom. The second-order valence-electron chi connectivity index (χ2n) is 4.27. The Balaban J connectivity index is 2.31. The lowest BCUT2D eigenvalue weighted by Gasteiger charge is -2.26. The van der Waals surface area contributed by atoms with Crippen molar-refractivity contribution < 1.29 is 17.9 Å². The van der Waals surface area contributed by atoms with Crippen molar-refractivity contribution in [2.24, 2.45) is 0 Å². The molecular weight excluding hydrogens is 230 g/mol. The average molecular weight is 249 g/mol. The van der Waals surface area contributed by atoms with Gasteiger partial charge in [0.2, 0.25) is 0 Å². The lowest BCUT2D eigenvalue weighted by atomic mass is 10.1. The molecule has 0 bridgehead atoms. The highest BCUT2D eigenvalue weighted by atomic mass is 32.2. The monoisotopic (exact) mass is 249 g/mol. The molecule has 1 aliphatic rings. The van der Waals surface area contributed by atoms with Crippen molar-refractivity contribution in [3.63, 3.8) is 0 Å². The molecule has 1 rings (SSSR count). The molecule has 1 saturated heterocycles. The number of ether oxygens (including phenoxy) is 1. The van der Waals surface area contributed by atoms with Crippen LogP contribution in [-0.2, 0) is 19.4 Å². The maximum absolute atomic E-state index is 11.2. The molecule has 1 fully saturated rings. The predicted octanol–water partition coefficient (Wildman–Crippen LogP) is 0.105. The normalized spacial score (nSPS) is 22.6. The smallest absolute Gasteiger partial charge is 0.307 e. The molecule has 0 aromatic carbocycles. The van der Waals surface area contributed by atoms with Crippen LogP contribution in [0.1, 0.15) is 26.2 Å². The van der Waals surface area contributed by atoms with E-state index in [2.05, 4.69) is 10.1 Å². The summed E-state index contributed by atoms with van der Waals surface area (Å²) in [7, 11) is -1.45. The summed E-state index contributed by atoms with van der Waals surface area (Å²) in [6, 6.07) is 0.224. The van der Waals surface area contributed by atoms with Crippen LogP contribution in [0, 0.1) is 0 Å². The Labute approximate surface area is 96.5 Å². The molecule has 1 aliphatic heterocycles. The summed E-state index contributed by atoms with van der Waals surface area (Å²) in [6.45, 7) is 1.90. The Bertz CT molecular complexity index is 325. The summed E-state index contributed by atoms with van der Waals surface area (Å²) >= 11 is 0. The second kappa shape index (κ2) is 5.63. The molecule has 0 spiro atoms. The van der Waals surface area contributed by atoms with E-state index >= 15 is 0 Å². The molecule has 16 heavy (non-hydrogen) atoms. The number of rotatable bonds is 4. The quantitative estimate of drug-likeness (QED) is 0.716. The summed E-state index contributed by atoms with van der Waals surface area (Å²) < 4.78 is 27.0. The lowest BCUT2D eigenvalue weighted by Crippen LogP contribution is -2.42. The zero-order valence-electron chi connectivity index (χ0n) is 9.73. The third kappa shape index (κ3) is 4.49. The zero-order chi connectivity index (χ0) is 12.2. The van der Waals surface area contributed by atoms with Gasteiger partial charge in [0.05, 0.1) is 25.0 Å². The molecule has 94 valence electrons. The highest BCUT2D eigenvalue weighted by Crippen LogP contribution is 2.13. The Morgan fingerprint density at radius 2 is 2.00 bits per heavy atom. The molecule has 5 nitrogen and oxygen atoms in total. The van der Waals surface area contributed by atoms with Gasteiger partial charge in [-0.2, -0.15) is 0 Å². The van der Waals surface area contributed by atoms with Crippen molar-refractivity contribution in [1.29, 1.82) is 0 Å². The largest absolute Gasteiger partial charge is 0.469 e. The van der Waals surface area contributed by atoms with Gasteiger partial charge >= 0.3 is 5.97 Å². The van der Waals surface area contributed by atoms with Crippen LogP contribution in [0.15, 0.2) is 0 Å². The number of methoxy groups -OCH3 is 1. The van der Waals surface area contributed by atoms with E-state index in [1.807, 2.05) is 6.92 Å². The highest BCUT2D eigenvalue weighted by molar-refractivity contribution is 7.91. The maximum atomic E-state index is 11.2. The van der Waals surface area contributed by atoms with Gasteiger partial charge in [-0.05, 0) is 19.8 Å². The average Bonchev–Trinajstić information content (AvgIpc) is 2.21. The fourth-order valence-corrected chi connectivity index (χ4v) is 3.34. The van der Waals surface area contributed by atoms with Crippen molar-refractivity contribution >= 4 is 15.8 Å². The number of nitrogens with one attached hydrogen (secondary N) is 1. The highest BCUT2D eigenvalue weighted by Gasteiger charge is 2.24. The predicted molar refractivity (Wildman–Crippen MR) is 60.9 cm³/mol. The minimum Gasteiger partial charge on any atom is -0.469 e. The van der Waals surface area contributed by atoms with E-state index < -0.39 is 9.84 Å². The molecule has 0 aromatic rings. The molecular formula is C10H19NO4S. The molecule has 1 unspecified atom stereocenters. The lowest BCUT2D eigenvalue weighted by molar-refractivity contribution is -0.141. The third-order valence-electron chi connectivity index (χ3n) is 2.78. The summed E-state index contributed by atoms with van der Waals surface area (Å²) in [5.41, 5.74) is 0. The van der Waals surface area contributed by atoms with E-state index in [1.165, 1.54) is 7.11 Å². The first-order chi connectivity index (χ1) is 7.43. The molecule has 0 aromatic heterocycles. The summed E-state index contributed by atoms with van der Waals surface area (Å²) in [5.74, 6) is 0.244. The van der Waals surface area contributed by atoms with Crippen LogP contribution in [-0.4, -0.2) is 45.1 Å². The van der Waals surface area contributed by atoms with Gasteiger partial charge in [-0.25, -0.2) is 8.42 Å². The summed E-state index contributed by atoms with van der Waals surface area (Å²) in [6.07, 6.45) is 1.58. The van der Waals surface area contributed by atoms with Crippen molar-refractivity contribution in [2.75, 3.05) is 18.6 Å². The van der Waals surface area contributed by atoms with Crippen LogP contribution >= 0.6 is 0 Å². The molecule has 0 aliphatic carbocycles. The SMILES string of the molecule is COC(=O)CC(C)NC1CCS(=O)(=O)CC1. The molecule has 0 amide bonds. The first-order valence-corrected chi connectivity index (χ1v) is 7.28. The topological polar surface area (TPSA) is 72.5 Å². The van der Waals surface area contributed by atoms with E-state index in [0.29, 0.717) is 19.3 Å². The molecule has 1 N–H and O–H groups in total. The van der Waals surface area contributed by atoms with E-state index in [-0.39, 0.29) is 29.6 Å². The zero-order valence-corrected chi connectivity index (χ0v) is 10.5. The number of carbonyl (C=O) groups is 1. The number of hydrogen-bond donors (Lipinski definition) is 1. The van der Waals surface area contributed by atoms with Crippen LogP contribution in [0.4, 0.5) is 0 Å². The third-order valence-corrected chi connectivity index (χ3v) is 4.49. The number of carbonyl (C=O) groups excluding carboxylic acids is 1. The van der Waals surface area contributed by atoms with Crippen LogP contribution in [0.3, 0.4) is 0 Å². The van der Waals surface area contributed by atoms with Gasteiger partial charge in [-0.15, -0.1) is 0 Å². The van der Waals surface area contributed by atoms with Gasteiger partial charge in [-0.3, -0.25) is 4.79 Å². The standard InChI is InChI=1S/C10H19NO4S/c1-8(7-10(12)15-2)11-9-3-5-16(13,14)6-4-9/h8-9,11H,3-7H2,1-2H3. The van der Waals surface area contributed by atoms with Crippen LogP contribution in [0.5, 0.6) is 0 Å². The Morgan fingerprint density at radius 3 is 2.50 bits per heavy atom. The van der Waals surface area contributed by atoms with Crippen molar-refractivity contribution in [1.82, 2.24) is 5.32 Å². The van der Waals surface area contributed by atoms with Crippen LogP contribution < -0.4 is 5.32 Å². The van der Waals surface area contributed by atoms with E-state index in [9.17, 15) is 13.2 Å². The molecule has 6 heteroatoms. The molecule has 1 heterocycles. The molecule has 0 saturated carbocycles. The van der Waals surface area contributed by atoms with Crippen LogP contribution in [0.2, 0.25) is 0 Å². The number of hydrogen-bond acceptors (Lipinski definition) is 5. The fourth-order valence-electron chi connectivity index (χ4n) is 1.85. The first-order valence-electron chi connectivity index (χ1n) is 5.46. The van der Waals surface area contributed by atoms with Gasteiger partial charge in [0.25, 0.3) is 0 Å². The first kappa shape index (κ1) is 13.4. The van der Waals surface area contributed by atoms with E-state index in [0.717, 1.165) is 0 Å². The number of sulfone groups is 1. The number of esters is 1. The summed E-state index contributed by atoms with van der Waals surface area (Å²) in [4.78, 5) is 11.0. The Hall–Kier alpha value is -0.620. The molecule has 1 atom stereocenters. The van der Waals surface area contributed by atoms with E-state index in [4.69, 9.17) is 0 Å². The van der Waals surface area contributed by atoms with Gasteiger partial charge in [0.15, 0.2) is 0 Å². The maximum Gasteiger partial charge on any atom is 0.307 e. The summed E-state index contributed by atoms with van der Waals surface area (Å²) in [5, 5.41) is 3.26. The second-order valence-corrected chi connectivity index (χ2v) is 6.58. The van der Waals surface area contributed by atoms with Gasteiger partial charge < -0.3 is 10.1 Å². The molecule has 0 radical (unpaired) electrons. The van der Waals surface area contributed by atoms with Crippen LogP contribution in [0.25, 0.3) is 0 Å². The van der Waals surface area contributed by atoms with Gasteiger partial charge in [-0.1, -0.05) is 0 Å². The fraction of sp³-hybridized carbons (Fsp3) is 0.900. The van der Waals surface area contributed by atoms with E-state index in [1.54, 1.807) is 0 Å². The van der Waals surface area contributed by atoms with Crippen molar-refractivity contribution in [3.8, 4) is 0 Å². The minimum atomic E-state index is -2.81. The van der Waals surface area contributed by atoms with Crippen molar-refractivity contribution in [2.45, 2.75) is 38.3 Å². The Kier molecular flexibility index (Phi) is 4.73. The van der Waals surface area contributed by atoms with Gasteiger partial charge in [0.1, 0.15) is 9.84 Å². The minimum absolute atomic E-state index is 0.0262.